The lowest BCUT2D eigenvalue weighted by atomic mass is 10.1. The highest BCUT2D eigenvalue weighted by atomic mass is 31.2. The highest BCUT2D eigenvalue weighted by Gasteiger charge is 2.24. The van der Waals surface area contributed by atoms with Gasteiger partial charge in [0.2, 0.25) is 0 Å². The fourth-order valence-electron chi connectivity index (χ4n) is 3.19. The van der Waals surface area contributed by atoms with Crippen LogP contribution in [0.5, 0.6) is 0 Å². The largest absolute Gasteiger partial charge is 0.474 e. The first-order valence-electron chi connectivity index (χ1n) is 12.4. The molecule has 0 amide bonds. The van der Waals surface area contributed by atoms with Crippen molar-refractivity contribution in [2.45, 2.75) is 111 Å². The molecule has 0 aliphatic rings. The molecule has 0 fully saturated rings. The quantitative estimate of drug-likeness (QED) is 0.0845. The molecule has 0 heterocycles. The summed E-state index contributed by atoms with van der Waals surface area (Å²) in [5.74, 6) is 0. The minimum absolute atomic E-state index is 0.226. The van der Waals surface area contributed by atoms with Gasteiger partial charge in [-0.15, -0.1) is 0 Å². The van der Waals surface area contributed by atoms with Gasteiger partial charge in [0, 0.05) is 6.61 Å². The van der Waals surface area contributed by atoms with Crippen molar-refractivity contribution < 1.29 is 22.9 Å². The van der Waals surface area contributed by atoms with Crippen molar-refractivity contribution in [2.75, 3.05) is 33.0 Å². The Hall–Kier alpha value is -0.190. The van der Waals surface area contributed by atoms with E-state index in [1.165, 1.54) is 83.5 Å². The van der Waals surface area contributed by atoms with E-state index < -0.39 is 7.82 Å². The number of hydrogen-bond acceptors (Lipinski definition) is 5. The summed E-state index contributed by atoms with van der Waals surface area (Å²) in [6.45, 7) is 7.75. The van der Waals surface area contributed by atoms with Crippen LogP contribution in [-0.2, 0) is 22.9 Å². The average molecular weight is 449 g/mol. The zero-order valence-corrected chi connectivity index (χ0v) is 21.0. The Balaban J connectivity index is 3.29. The van der Waals surface area contributed by atoms with Crippen molar-refractivity contribution >= 4 is 7.82 Å². The summed E-state index contributed by atoms with van der Waals surface area (Å²) in [5.41, 5.74) is 0. The van der Waals surface area contributed by atoms with E-state index in [9.17, 15) is 4.57 Å². The van der Waals surface area contributed by atoms with Gasteiger partial charge in [0.15, 0.2) is 0 Å². The van der Waals surface area contributed by atoms with E-state index in [4.69, 9.17) is 18.3 Å². The van der Waals surface area contributed by atoms with Crippen LogP contribution in [0, 0.1) is 0 Å². The monoisotopic (exact) mass is 448 g/mol. The molecule has 0 saturated carbocycles. The summed E-state index contributed by atoms with van der Waals surface area (Å²) < 4.78 is 33.0. The Morgan fingerprint density at radius 3 is 1.60 bits per heavy atom. The number of ether oxygens (including phenoxy) is 1. The second-order valence-electron chi connectivity index (χ2n) is 7.67. The van der Waals surface area contributed by atoms with Gasteiger partial charge in [-0.2, -0.15) is 0 Å². The van der Waals surface area contributed by atoms with Gasteiger partial charge in [0.05, 0.1) is 26.4 Å². The average Bonchev–Trinajstić information content (AvgIpc) is 2.72. The van der Waals surface area contributed by atoms with Crippen LogP contribution < -0.4 is 0 Å². The van der Waals surface area contributed by atoms with E-state index in [0.29, 0.717) is 19.8 Å². The van der Waals surface area contributed by atoms with Crippen LogP contribution in [0.25, 0.3) is 0 Å². The summed E-state index contributed by atoms with van der Waals surface area (Å²) >= 11 is 0. The molecule has 0 aromatic heterocycles. The van der Waals surface area contributed by atoms with Crippen LogP contribution >= 0.6 is 7.82 Å². The molecular formula is C24H49O5P. The molecule has 0 aliphatic heterocycles. The predicted molar refractivity (Wildman–Crippen MR) is 127 cm³/mol. The van der Waals surface area contributed by atoms with Crippen molar-refractivity contribution in [3.63, 3.8) is 0 Å². The second kappa shape index (κ2) is 23.5. The summed E-state index contributed by atoms with van der Waals surface area (Å²) in [5, 5.41) is 0. The van der Waals surface area contributed by atoms with Crippen LogP contribution in [-0.4, -0.2) is 33.0 Å². The number of phosphoric ester groups is 1. The van der Waals surface area contributed by atoms with Crippen LogP contribution in [0.15, 0.2) is 12.2 Å². The van der Waals surface area contributed by atoms with Crippen LogP contribution in [0.4, 0.5) is 0 Å². The molecule has 180 valence electrons. The van der Waals surface area contributed by atoms with E-state index >= 15 is 0 Å². The number of unbranched alkanes of at least 4 members (excludes halogenated alkanes) is 12. The molecule has 0 N–H and O–H groups in total. The Labute approximate surface area is 186 Å². The van der Waals surface area contributed by atoms with E-state index in [1.807, 2.05) is 0 Å². The molecule has 5 nitrogen and oxygen atoms in total. The summed E-state index contributed by atoms with van der Waals surface area (Å²) in [4.78, 5) is 0. The molecule has 6 heteroatoms. The van der Waals surface area contributed by atoms with Crippen LogP contribution in [0.1, 0.15) is 111 Å². The first kappa shape index (κ1) is 29.8. The van der Waals surface area contributed by atoms with E-state index in [2.05, 4.69) is 19.1 Å². The van der Waals surface area contributed by atoms with Gasteiger partial charge in [-0.05, 0) is 46.0 Å². The van der Waals surface area contributed by atoms with Gasteiger partial charge in [0.25, 0.3) is 0 Å². The zero-order valence-electron chi connectivity index (χ0n) is 20.1. The third-order valence-electron chi connectivity index (χ3n) is 4.85. The molecule has 30 heavy (non-hydrogen) atoms. The lowest BCUT2D eigenvalue weighted by Gasteiger charge is -2.16. The van der Waals surface area contributed by atoms with Crippen molar-refractivity contribution in [3.05, 3.63) is 12.2 Å². The van der Waals surface area contributed by atoms with Gasteiger partial charge in [-0.1, -0.05) is 76.9 Å². The first-order valence-corrected chi connectivity index (χ1v) is 13.9. The van der Waals surface area contributed by atoms with E-state index in [0.717, 1.165) is 13.0 Å². The lowest BCUT2D eigenvalue weighted by Crippen LogP contribution is -2.07. The number of allylic oxidation sites excluding steroid dienone is 2. The molecule has 0 bridgehead atoms. The molecule has 0 unspecified atom stereocenters. The third kappa shape index (κ3) is 21.1. The Morgan fingerprint density at radius 2 is 1.07 bits per heavy atom. The maximum absolute atomic E-state index is 12.1. The maximum atomic E-state index is 12.1. The predicted octanol–water partition coefficient (Wildman–Crippen LogP) is 8.24. The summed E-state index contributed by atoms with van der Waals surface area (Å²) in [7, 11) is -3.40. The van der Waals surface area contributed by atoms with E-state index in [1.54, 1.807) is 13.8 Å². The maximum Gasteiger partial charge on any atom is 0.474 e. The molecule has 0 saturated heterocycles. The van der Waals surface area contributed by atoms with Crippen LogP contribution in [0.3, 0.4) is 0 Å². The van der Waals surface area contributed by atoms with Crippen molar-refractivity contribution in [1.29, 1.82) is 0 Å². The molecule has 0 aromatic carbocycles. The molecule has 0 aromatic rings. The molecule has 0 rings (SSSR count). The molecule has 0 aliphatic carbocycles. The molecule has 0 radical (unpaired) electrons. The van der Waals surface area contributed by atoms with Gasteiger partial charge >= 0.3 is 7.82 Å². The highest BCUT2D eigenvalue weighted by Crippen LogP contribution is 2.48. The Morgan fingerprint density at radius 1 is 0.567 bits per heavy atom. The Kier molecular flexibility index (Phi) is 23.3. The smallest absolute Gasteiger partial charge is 0.379 e. The van der Waals surface area contributed by atoms with E-state index in [-0.39, 0.29) is 6.61 Å². The normalized spacial score (nSPS) is 12.2. The van der Waals surface area contributed by atoms with Gasteiger partial charge < -0.3 is 4.74 Å². The molecule has 0 atom stereocenters. The minimum Gasteiger partial charge on any atom is -0.379 e. The van der Waals surface area contributed by atoms with Gasteiger partial charge in [0.1, 0.15) is 0 Å². The fourth-order valence-corrected chi connectivity index (χ4v) is 4.34. The van der Waals surface area contributed by atoms with Gasteiger partial charge in [-0.3, -0.25) is 13.6 Å². The fraction of sp³-hybridized carbons (Fsp3) is 0.917. The summed E-state index contributed by atoms with van der Waals surface area (Å²) in [6.07, 6.45) is 23.0. The van der Waals surface area contributed by atoms with Crippen molar-refractivity contribution in [2.24, 2.45) is 0 Å². The summed E-state index contributed by atoms with van der Waals surface area (Å²) in [6, 6.07) is 0. The number of phosphoric acid groups is 1. The molecule has 0 spiro atoms. The number of rotatable bonds is 24. The molecular weight excluding hydrogens is 399 g/mol. The SMILES string of the molecule is CCCCCCCC/C=C\CCCCCCCCOCCOP(=O)(OCC)OCC. The third-order valence-corrected chi connectivity index (χ3v) is 6.50. The van der Waals surface area contributed by atoms with Gasteiger partial charge in [-0.25, -0.2) is 4.57 Å². The first-order chi connectivity index (χ1) is 14.7. The van der Waals surface area contributed by atoms with Crippen molar-refractivity contribution in [3.8, 4) is 0 Å². The lowest BCUT2D eigenvalue weighted by molar-refractivity contribution is 0.0661. The minimum atomic E-state index is -3.40. The van der Waals surface area contributed by atoms with Crippen molar-refractivity contribution in [1.82, 2.24) is 0 Å². The zero-order chi connectivity index (χ0) is 22.2. The topological polar surface area (TPSA) is 54.0 Å². The second-order valence-corrected chi connectivity index (χ2v) is 9.34. The van der Waals surface area contributed by atoms with Crippen LogP contribution in [0.2, 0.25) is 0 Å². The number of hydrogen-bond donors (Lipinski definition) is 0. The highest BCUT2D eigenvalue weighted by molar-refractivity contribution is 7.48. The Bertz CT molecular complexity index is 404. The standard InChI is InChI=1S/C24H49O5P/c1-4-7-8-9-10-11-12-13-14-15-16-17-18-19-20-21-22-26-23-24-29-30(25,27-5-2)28-6-3/h13-14H,4-12,15-24H2,1-3H3/b14-13-.